The topological polar surface area (TPSA) is 29.9 Å². The summed E-state index contributed by atoms with van der Waals surface area (Å²) in [5.74, 6) is 0.685. The van der Waals surface area contributed by atoms with E-state index < -0.39 is 0 Å². The van der Waals surface area contributed by atoms with Crippen molar-refractivity contribution in [3.8, 4) is 0 Å². The molecule has 0 saturated heterocycles. The Morgan fingerprint density at radius 3 is 2.65 bits per heavy atom. The third-order valence-electron chi connectivity index (χ3n) is 4.14. The number of para-hydroxylation sites is 1. The summed E-state index contributed by atoms with van der Waals surface area (Å²) < 4.78 is 2.11. The number of aryl methyl sites for hydroxylation is 2. The van der Waals surface area contributed by atoms with Gasteiger partial charge in [0.1, 0.15) is 0 Å². The molecule has 0 spiro atoms. The fraction of sp³-hybridized carbons (Fsp3) is 0.588. The molecular formula is C17H27N3. The molecule has 20 heavy (non-hydrogen) atoms. The number of rotatable bonds is 7. The zero-order chi connectivity index (χ0) is 14.5. The number of nitrogens with zero attached hydrogens (tertiary/aromatic N) is 2. The summed E-state index contributed by atoms with van der Waals surface area (Å²) in [7, 11) is 2.06. The third kappa shape index (κ3) is 3.21. The van der Waals surface area contributed by atoms with Crippen LogP contribution in [0.2, 0.25) is 0 Å². The number of fused-ring (bicyclic) bond motifs is 1. The number of nitrogens with one attached hydrogen (secondary N) is 1. The Labute approximate surface area is 122 Å². The van der Waals surface area contributed by atoms with Crippen LogP contribution in [0.15, 0.2) is 24.3 Å². The van der Waals surface area contributed by atoms with E-state index in [2.05, 4.69) is 62.1 Å². The van der Waals surface area contributed by atoms with Crippen LogP contribution in [0.25, 0.3) is 10.9 Å². The van der Waals surface area contributed by atoms with Gasteiger partial charge in [0.05, 0.1) is 11.2 Å². The van der Waals surface area contributed by atoms with E-state index in [1.165, 1.54) is 29.4 Å². The van der Waals surface area contributed by atoms with Crippen LogP contribution in [0.4, 0.5) is 0 Å². The van der Waals surface area contributed by atoms with Gasteiger partial charge >= 0.3 is 0 Å². The van der Waals surface area contributed by atoms with Crippen molar-refractivity contribution in [3.05, 3.63) is 30.0 Å². The van der Waals surface area contributed by atoms with Crippen molar-refractivity contribution < 1.29 is 0 Å². The number of hydrogen-bond acceptors (Lipinski definition) is 2. The smallest absolute Gasteiger partial charge is 0.0703 e. The average Bonchev–Trinajstić information content (AvgIpc) is 2.81. The molecule has 110 valence electrons. The predicted octanol–water partition coefficient (Wildman–Crippen LogP) is 3.62. The van der Waals surface area contributed by atoms with E-state index >= 15 is 0 Å². The van der Waals surface area contributed by atoms with Crippen LogP contribution < -0.4 is 5.32 Å². The molecule has 1 atom stereocenters. The monoisotopic (exact) mass is 273 g/mol. The molecule has 3 nitrogen and oxygen atoms in total. The van der Waals surface area contributed by atoms with Gasteiger partial charge in [-0.1, -0.05) is 32.0 Å². The Hall–Kier alpha value is -1.35. The van der Waals surface area contributed by atoms with E-state index in [0.29, 0.717) is 12.0 Å². The summed E-state index contributed by atoms with van der Waals surface area (Å²) >= 11 is 0. The fourth-order valence-electron chi connectivity index (χ4n) is 2.92. The second-order valence-electron chi connectivity index (χ2n) is 5.81. The van der Waals surface area contributed by atoms with Crippen molar-refractivity contribution in [1.82, 2.24) is 15.1 Å². The lowest BCUT2D eigenvalue weighted by atomic mass is 9.97. The van der Waals surface area contributed by atoms with Crippen LogP contribution in [0.1, 0.15) is 39.3 Å². The molecule has 0 aliphatic heterocycles. The van der Waals surface area contributed by atoms with Crippen LogP contribution >= 0.6 is 0 Å². The molecule has 0 aliphatic carbocycles. The molecule has 0 fully saturated rings. The zero-order valence-corrected chi connectivity index (χ0v) is 13.2. The molecule has 3 heteroatoms. The highest BCUT2D eigenvalue weighted by Crippen LogP contribution is 2.20. The van der Waals surface area contributed by atoms with E-state index in [-0.39, 0.29) is 0 Å². The average molecular weight is 273 g/mol. The Balaban J connectivity index is 2.07. The van der Waals surface area contributed by atoms with Crippen LogP contribution in [-0.2, 0) is 13.0 Å². The van der Waals surface area contributed by atoms with E-state index in [9.17, 15) is 0 Å². The number of aromatic nitrogens is 2. The Morgan fingerprint density at radius 1 is 1.25 bits per heavy atom. The highest BCUT2D eigenvalue weighted by molar-refractivity contribution is 5.81. The summed E-state index contributed by atoms with van der Waals surface area (Å²) in [4.78, 5) is 0. The minimum Gasteiger partial charge on any atom is -0.317 e. The summed E-state index contributed by atoms with van der Waals surface area (Å²) in [5.41, 5.74) is 2.51. The molecule has 0 aliphatic rings. The maximum absolute atomic E-state index is 4.77. The molecule has 1 heterocycles. The standard InChI is InChI=1S/C17H27N3/c1-5-20-17-12-7-6-9-14(17)16(19-20)11-8-10-15(18-4)13(2)3/h6-7,9,12-13,15,18H,5,8,10-11H2,1-4H3. The molecule has 2 aromatic rings. The lowest BCUT2D eigenvalue weighted by molar-refractivity contribution is 0.393. The Kier molecular flexibility index (Phi) is 5.18. The first kappa shape index (κ1) is 15.0. The van der Waals surface area contributed by atoms with Gasteiger partial charge in [0, 0.05) is 18.0 Å². The first-order valence-electron chi connectivity index (χ1n) is 7.79. The van der Waals surface area contributed by atoms with E-state index in [0.717, 1.165) is 13.0 Å². The largest absolute Gasteiger partial charge is 0.317 e. The van der Waals surface area contributed by atoms with Gasteiger partial charge in [0.2, 0.25) is 0 Å². The van der Waals surface area contributed by atoms with E-state index in [1.54, 1.807) is 0 Å². The number of benzene rings is 1. The molecule has 1 aromatic heterocycles. The molecule has 0 amide bonds. The van der Waals surface area contributed by atoms with Crippen LogP contribution in [0.5, 0.6) is 0 Å². The van der Waals surface area contributed by atoms with Gasteiger partial charge < -0.3 is 5.32 Å². The number of hydrogen-bond donors (Lipinski definition) is 1. The first-order chi connectivity index (χ1) is 9.67. The van der Waals surface area contributed by atoms with Crippen LogP contribution in [-0.4, -0.2) is 22.9 Å². The normalized spacial score (nSPS) is 13.2. The molecule has 1 N–H and O–H groups in total. The maximum Gasteiger partial charge on any atom is 0.0703 e. The predicted molar refractivity (Wildman–Crippen MR) is 86.0 cm³/mol. The van der Waals surface area contributed by atoms with Gasteiger partial charge in [0.15, 0.2) is 0 Å². The highest BCUT2D eigenvalue weighted by Gasteiger charge is 2.12. The summed E-state index contributed by atoms with van der Waals surface area (Å²) in [6, 6.07) is 9.17. The molecule has 0 radical (unpaired) electrons. The molecular weight excluding hydrogens is 246 g/mol. The highest BCUT2D eigenvalue weighted by atomic mass is 15.3. The lowest BCUT2D eigenvalue weighted by Crippen LogP contribution is -2.30. The van der Waals surface area contributed by atoms with Crippen LogP contribution in [0, 0.1) is 5.92 Å². The van der Waals surface area contributed by atoms with Gasteiger partial charge in [-0.25, -0.2) is 0 Å². The molecule has 1 unspecified atom stereocenters. The third-order valence-corrected chi connectivity index (χ3v) is 4.14. The minimum atomic E-state index is 0.606. The molecule has 2 rings (SSSR count). The fourth-order valence-corrected chi connectivity index (χ4v) is 2.92. The molecule has 0 bridgehead atoms. The second kappa shape index (κ2) is 6.89. The van der Waals surface area contributed by atoms with Crippen molar-refractivity contribution in [3.63, 3.8) is 0 Å². The second-order valence-corrected chi connectivity index (χ2v) is 5.81. The van der Waals surface area contributed by atoms with Crippen molar-refractivity contribution in [2.45, 2.75) is 52.6 Å². The zero-order valence-electron chi connectivity index (χ0n) is 13.2. The minimum absolute atomic E-state index is 0.606. The maximum atomic E-state index is 4.77. The van der Waals surface area contributed by atoms with Crippen molar-refractivity contribution >= 4 is 10.9 Å². The van der Waals surface area contributed by atoms with Gasteiger partial charge in [-0.2, -0.15) is 5.10 Å². The lowest BCUT2D eigenvalue weighted by Gasteiger charge is -2.19. The molecule has 0 saturated carbocycles. The van der Waals surface area contributed by atoms with E-state index in [4.69, 9.17) is 5.10 Å². The first-order valence-corrected chi connectivity index (χ1v) is 7.79. The van der Waals surface area contributed by atoms with Crippen molar-refractivity contribution in [1.29, 1.82) is 0 Å². The molecule has 1 aromatic carbocycles. The summed E-state index contributed by atoms with van der Waals surface area (Å²) in [5, 5.41) is 9.51. The van der Waals surface area contributed by atoms with Crippen molar-refractivity contribution in [2.24, 2.45) is 5.92 Å². The quantitative estimate of drug-likeness (QED) is 0.835. The van der Waals surface area contributed by atoms with Gasteiger partial charge in [-0.05, 0) is 45.2 Å². The van der Waals surface area contributed by atoms with Gasteiger partial charge in [-0.3, -0.25) is 4.68 Å². The summed E-state index contributed by atoms with van der Waals surface area (Å²) in [6.45, 7) is 7.65. The Bertz CT molecular complexity index is 542. The van der Waals surface area contributed by atoms with Crippen molar-refractivity contribution in [2.75, 3.05) is 7.05 Å². The van der Waals surface area contributed by atoms with Gasteiger partial charge in [0.25, 0.3) is 0 Å². The summed E-state index contributed by atoms with van der Waals surface area (Å²) in [6.07, 6.45) is 3.47. The van der Waals surface area contributed by atoms with E-state index in [1.807, 2.05) is 0 Å². The Morgan fingerprint density at radius 2 is 2.00 bits per heavy atom. The SMILES string of the molecule is CCn1nc(CCCC(NC)C(C)C)c2ccccc21. The van der Waals surface area contributed by atoms with Gasteiger partial charge in [-0.15, -0.1) is 0 Å². The van der Waals surface area contributed by atoms with Crippen LogP contribution in [0.3, 0.4) is 0 Å².